The zero-order valence-electron chi connectivity index (χ0n) is 7.32. The van der Waals surface area contributed by atoms with Crippen LogP contribution in [-0.2, 0) is 14.5 Å². The largest absolute Gasteiger partial charge is 0.333 e. The SMILES string of the molecule is NS(=O)(=O)OC1CCCCC1.[Na]. The third-order valence-corrected chi connectivity index (χ3v) is 2.36. The fraction of sp³-hybridized carbons (Fsp3) is 1.00. The molecule has 0 spiro atoms. The molecule has 6 heteroatoms. The Hall–Kier alpha value is 0.870. The first-order valence-corrected chi connectivity index (χ1v) is 5.26. The number of rotatable bonds is 2. The number of hydrogen-bond donors (Lipinski definition) is 1. The van der Waals surface area contributed by atoms with Crippen molar-refractivity contribution in [2.24, 2.45) is 5.14 Å². The smallest absolute Gasteiger partial charge is 0.255 e. The van der Waals surface area contributed by atoms with E-state index in [0.717, 1.165) is 25.7 Å². The first kappa shape index (κ1) is 12.9. The van der Waals surface area contributed by atoms with Gasteiger partial charge in [0.25, 0.3) is 0 Å². The molecule has 1 aliphatic rings. The van der Waals surface area contributed by atoms with Crippen LogP contribution in [0.15, 0.2) is 0 Å². The van der Waals surface area contributed by atoms with E-state index in [-0.39, 0.29) is 35.7 Å². The Labute approximate surface area is 95.4 Å². The molecule has 2 N–H and O–H groups in total. The summed E-state index contributed by atoms with van der Waals surface area (Å²) in [5.74, 6) is 0. The molecule has 1 fully saturated rings. The zero-order chi connectivity index (χ0) is 8.32. The maximum absolute atomic E-state index is 10.5. The van der Waals surface area contributed by atoms with Crippen molar-refractivity contribution in [3.63, 3.8) is 0 Å². The maximum atomic E-state index is 10.5. The predicted molar refractivity (Wildman–Crippen MR) is 46.8 cm³/mol. The van der Waals surface area contributed by atoms with Crippen molar-refractivity contribution < 1.29 is 12.6 Å². The van der Waals surface area contributed by atoms with E-state index in [2.05, 4.69) is 4.18 Å². The molecule has 0 aliphatic heterocycles. The van der Waals surface area contributed by atoms with E-state index in [9.17, 15) is 8.42 Å². The van der Waals surface area contributed by atoms with Gasteiger partial charge in [-0.1, -0.05) is 19.3 Å². The van der Waals surface area contributed by atoms with Crippen molar-refractivity contribution in [2.45, 2.75) is 38.2 Å². The van der Waals surface area contributed by atoms with Gasteiger partial charge in [-0.15, -0.1) is 0 Å². The van der Waals surface area contributed by atoms with Crippen molar-refractivity contribution in [3.8, 4) is 0 Å². The summed E-state index contributed by atoms with van der Waals surface area (Å²) in [7, 11) is -3.72. The van der Waals surface area contributed by atoms with E-state index in [1.165, 1.54) is 6.42 Å². The van der Waals surface area contributed by atoms with Crippen molar-refractivity contribution in [3.05, 3.63) is 0 Å². The van der Waals surface area contributed by atoms with Crippen LogP contribution < -0.4 is 5.14 Å². The molecular weight excluding hydrogens is 189 g/mol. The molecule has 12 heavy (non-hydrogen) atoms. The normalized spacial score (nSPS) is 20.1. The van der Waals surface area contributed by atoms with Crippen LogP contribution in [-0.4, -0.2) is 44.1 Å². The van der Waals surface area contributed by atoms with Gasteiger partial charge in [-0.3, -0.25) is 4.18 Å². The van der Waals surface area contributed by atoms with Crippen molar-refractivity contribution in [2.75, 3.05) is 0 Å². The van der Waals surface area contributed by atoms with Crippen molar-refractivity contribution >= 4 is 39.9 Å². The minimum atomic E-state index is -3.72. The second-order valence-corrected chi connectivity index (χ2v) is 4.03. The van der Waals surface area contributed by atoms with Gasteiger partial charge >= 0.3 is 10.3 Å². The van der Waals surface area contributed by atoms with Crippen molar-refractivity contribution in [1.82, 2.24) is 0 Å². The van der Waals surface area contributed by atoms with E-state index in [0.29, 0.717) is 0 Å². The molecule has 1 rings (SSSR count). The summed E-state index contributed by atoms with van der Waals surface area (Å²) >= 11 is 0. The summed E-state index contributed by atoms with van der Waals surface area (Å²) in [5.41, 5.74) is 0. The van der Waals surface area contributed by atoms with Crippen LogP contribution in [0.3, 0.4) is 0 Å². The van der Waals surface area contributed by atoms with E-state index in [1.54, 1.807) is 0 Å². The monoisotopic (exact) mass is 202 g/mol. The molecule has 0 atom stereocenters. The zero-order valence-corrected chi connectivity index (χ0v) is 10.1. The standard InChI is InChI=1S/C6H13NO3S.Na/c7-11(8,9)10-6-4-2-1-3-5-6;/h6H,1-5H2,(H2,7,8,9);. The Morgan fingerprint density at radius 2 is 1.67 bits per heavy atom. The second-order valence-electron chi connectivity index (χ2n) is 2.85. The quantitative estimate of drug-likeness (QED) is 0.648. The maximum Gasteiger partial charge on any atom is 0.333 e. The number of nitrogens with two attached hydrogens (primary N) is 1. The van der Waals surface area contributed by atoms with Crippen LogP contribution in [0.4, 0.5) is 0 Å². The van der Waals surface area contributed by atoms with Gasteiger partial charge in [0, 0.05) is 29.6 Å². The van der Waals surface area contributed by atoms with Gasteiger partial charge in [0.05, 0.1) is 6.10 Å². The molecule has 0 unspecified atom stereocenters. The third kappa shape index (κ3) is 5.50. The van der Waals surface area contributed by atoms with Crippen molar-refractivity contribution in [1.29, 1.82) is 0 Å². The minimum Gasteiger partial charge on any atom is -0.255 e. The second kappa shape index (κ2) is 5.57. The summed E-state index contributed by atoms with van der Waals surface area (Å²) in [4.78, 5) is 0. The summed E-state index contributed by atoms with van der Waals surface area (Å²) < 4.78 is 25.5. The van der Waals surface area contributed by atoms with Gasteiger partial charge < -0.3 is 0 Å². The fourth-order valence-electron chi connectivity index (χ4n) is 1.35. The molecule has 0 heterocycles. The Morgan fingerprint density at radius 3 is 2.08 bits per heavy atom. The molecule has 0 bridgehead atoms. The first-order valence-electron chi connectivity index (χ1n) is 3.79. The average Bonchev–Trinajstić information content (AvgIpc) is 1.85. The van der Waals surface area contributed by atoms with Crippen LogP contribution in [0.1, 0.15) is 32.1 Å². The van der Waals surface area contributed by atoms with Gasteiger partial charge in [0.1, 0.15) is 0 Å². The molecule has 0 saturated heterocycles. The van der Waals surface area contributed by atoms with Gasteiger partial charge in [0.15, 0.2) is 0 Å². The summed E-state index contributed by atoms with van der Waals surface area (Å²) in [6.07, 6.45) is 4.72. The molecule has 67 valence electrons. The van der Waals surface area contributed by atoms with Crippen LogP contribution in [0, 0.1) is 0 Å². The fourth-order valence-corrected chi connectivity index (χ4v) is 1.92. The molecule has 1 saturated carbocycles. The van der Waals surface area contributed by atoms with Crippen LogP contribution in [0.2, 0.25) is 0 Å². The first-order chi connectivity index (χ1) is 5.08. The van der Waals surface area contributed by atoms with Crippen LogP contribution in [0.5, 0.6) is 0 Å². The Kier molecular flexibility index (Phi) is 5.97. The molecule has 0 aromatic heterocycles. The molecule has 0 amide bonds. The van der Waals surface area contributed by atoms with Gasteiger partial charge in [-0.05, 0) is 12.8 Å². The van der Waals surface area contributed by atoms with Gasteiger partial charge in [-0.2, -0.15) is 8.42 Å². The predicted octanol–water partition coefficient (Wildman–Crippen LogP) is 0.158. The molecule has 0 aromatic carbocycles. The van der Waals surface area contributed by atoms with E-state index in [1.807, 2.05) is 0 Å². The molecule has 0 aromatic rings. The average molecular weight is 202 g/mol. The van der Waals surface area contributed by atoms with E-state index >= 15 is 0 Å². The Balaban J connectivity index is 0.00000121. The minimum absolute atomic E-state index is 0. The molecule has 4 nitrogen and oxygen atoms in total. The van der Waals surface area contributed by atoms with Crippen LogP contribution in [0.25, 0.3) is 0 Å². The molecule has 1 aliphatic carbocycles. The summed E-state index contributed by atoms with van der Waals surface area (Å²) in [6, 6.07) is 0. The van der Waals surface area contributed by atoms with Gasteiger partial charge in [-0.25, -0.2) is 5.14 Å². The summed E-state index contributed by atoms with van der Waals surface area (Å²) in [6.45, 7) is 0. The third-order valence-electron chi connectivity index (χ3n) is 1.82. The topological polar surface area (TPSA) is 69.4 Å². The summed E-state index contributed by atoms with van der Waals surface area (Å²) in [5, 5.41) is 4.72. The Bertz CT molecular complexity index is 211. The van der Waals surface area contributed by atoms with E-state index < -0.39 is 10.3 Å². The molecular formula is C6H13NNaO3S. The number of hydrogen-bond acceptors (Lipinski definition) is 3. The molecule has 1 radical (unpaired) electrons. The van der Waals surface area contributed by atoms with Gasteiger partial charge in [0.2, 0.25) is 0 Å². The van der Waals surface area contributed by atoms with Crippen LogP contribution >= 0.6 is 0 Å². The van der Waals surface area contributed by atoms with E-state index in [4.69, 9.17) is 5.14 Å². The Morgan fingerprint density at radius 1 is 1.17 bits per heavy atom.